The van der Waals surface area contributed by atoms with E-state index in [1.165, 1.54) is 50.6 Å². The molecular formula is C63H45F3N4. The van der Waals surface area contributed by atoms with Gasteiger partial charge in [-0.1, -0.05) is 114 Å². The van der Waals surface area contributed by atoms with Crippen LogP contribution in [0.15, 0.2) is 164 Å². The Morgan fingerprint density at radius 3 is 1.39 bits per heavy atom. The molecule has 0 amide bonds. The summed E-state index contributed by atoms with van der Waals surface area (Å²) in [7, 11) is 0. The molecular weight excluding hydrogens is 870 g/mol. The summed E-state index contributed by atoms with van der Waals surface area (Å²) in [4.78, 5) is 7.83. The maximum Gasteiger partial charge on any atom is 0.415 e. The van der Waals surface area contributed by atoms with E-state index in [9.17, 15) is 13.2 Å². The van der Waals surface area contributed by atoms with Crippen LogP contribution in [0.5, 0.6) is 0 Å². The number of hydrogen-bond donors (Lipinski definition) is 0. The molecule has 7 heteroatoms. The maximum absolute atomic E-state index is 14.1. The van der Waals surface area contributed by atoms with Crippen molar-refractivity contribution in [1.82, 2.24) is 9.13 Å². The highest BCUT2D eigenvalue weighted by Gasteiger charge is 2.31. The van der Waals surface area contributed by atoms with Gasteiger partial charge in [-0.05, 0) is 163 Å². The number of rotatable bonds is 6. The van der Waals surface area contributed by atoms with Crippen LogP contribution >= 0.6 is 0 Å². The van der Waals surface area contributed by atoms with E-state index < -0.39 is 11.7 Å². The highest BCUT2D eigenvalue weighted by molar-refractivity contribution is 6.13. The molecule has 70 heavy (non-hydrogen) atoms. The number of fused-ring (bicyclic) bond motifs is 6. The Morgan fingerprint density at radius 1 is 0.386 bits per heavy atom. The van der Waals surface area contributed by atoms with E-state index in [1.54, 1.807) is 0 Å². The number of aromatic nitrogens is 2. The van der Waals surface area contributed by atoms with Crippen LogP contribution in [-0.4, -0.2) is 9.13 Å². The average molecular weight is 915 g/mol. The molecule has 0 saturated carbocycles. The fraction of sp³-hybridized carbons (Fsp3) is 0.111. The molecule has 11 rings (SSSR count). The third-order valence-corrected chi connectivity index (χ3v) is 13.9. The lowest BCUT2D eigenvalue weighted by Crippen LogP contribution is -2.04. The minimum atomic E-state index is -4.62. The molecule has 0 aliphatic rings. The lowest BCUT2D eigenvalue weighted by atomic mass is 9.92. The molecule has 11 aromatic rings. The fourth-order valence-electron chi connectivity index (χ4n) is 11.3. The summed E-state index contributed by atoms with van der Waals surface area (Å²) in [6, 6.07) is 53.6. The van der Waals surface area contributed by atoms with Crippen LogP contribution < -0.4 is 0 Å². The lowest BCUT2D eigenvalue weighted by Gasteiger charge is -2.21. The number of para-hydroxylation sites is 2. The molecule has 0 spiro atoms. The first kappa shape index (κ1) is 43.9. The van der Waals surface area contributed by atoms with E-state index in [0.29, 0.717) is 27.9 Å². The summed E-state index contributed by atoms with van der Waals surface area (Å²) >= 11 is 0. The molecule has 0 fully saturated rings. The van der Waals surface area contributed by atoms with Crippen LogP contribution in [0.3, 0.4) is 0 Å². The van der Waals surface area contributed by atoms with Gasteiger partial charge in [0.25, 0.3) is 0 Å². The standard InChI is InChI=1S/C63H45F3N4/c1-36-28-38(3)60(39(4)29-36)43-21-26-56-49(33-43)47-14-9-11-17-54(47)69(56)58-25-20-42(46-24-23-45(63(64,65)66)35-53(46)68-8)32-51(58)62-52(67-7)16-13-19-59(62)70-55-18-12-10-15-48(55)50-34-44(22-27-57(50)70)61-40(5)30-37(2)31-41(61)6/h9-35H,1-6H3. The van der Waals surface area contributed by atoms with Gasteiger partial charge >= 0.3 is 6.18 Å². The summed E-state index contributed by atoms with van der Waals surface area (Å²) in [6.07, 6.45) is -4.62. The van der Waals surface area contributed by atoms with Gasteiger partial charge in [-0.3, -0.25) is 0 Å². The second-order valence-corrected chi connectivity index (χ2v) is 18.6. The molecule has 0 bridgehead atoms. The third-order valence-electron chi connectivity index (χ3n) is 13.9. The Bertz CT molecular complexity index is 4050. The quantitative estimate of drug-likeness (QED) is 0.148. The van der Waals surface area contributed by atoms with Crippen molar-refractivity contribution in [2.45, 2.75) is 47.7 Å². The van der Waals surface area contributed by atoms with E-state index in [4.69, 9.17) is 13.1 Å². The predicted molar refractivity (Wildman–Crippen MR) is 283 cm³/mol. The van der Waals surface area contributed by atoms with Crippen molar-refractivity contribution in [3.63, 3.8) is 0 Å². The second-order valence-electron chi connectivity index (χ2n) is 18.6. The van der Waals surface area contributed by atoms with Crippen LogP contribution in [0.2, 0.25) is 0 Å². The van der Waals surface area contributed by atoms with E-state index in [2.05, 4.69) is 145 Å². The van der Waals surface area contributed by atoms with Crippen molar-refractivity contribution in [2.75, 3.05) is 0 Å². The van der Waals surface area contributed by atoms with Crippen LogP contribution in [0, 0.1) is 54.7 Å². The van der Waals surface area contributed by atoms with Crippen LogP contribution in [0.1, 0.15) is 38.9 Å². The summed E-state index contributed by atoms with van der Waals surface area (Å²) in [5.41, 5.74) is 18.8. The van der Waals surface area contributed by atoms with Gasteiger partial charge in [0.05, 0.1) is 40.9 Å². The normalized spacial score (nSPS) is 11.8. The SMILES string of the molecule is [C-]#[N+]c1cc(C(F)(F)F)ccc1-c1ccc(-n2c3ccccc3c3cc(-c4c(C)cc(C)cc4C)ccc32)c(-c2c([N+]#[C-])cccc2-n2c3ccccc3c3cc(-c4c(C)cc(C)cc4C)ccc32)c1. The van der Waals surface area contributed by atoms with Gasteiger partial charge in [0.2, 0.25) is 0 Å². The topological polar surface area (TPSA) is 18.6 Å². The molecule has 0 unspecified atom stereocenters. The van der Waals surface area contributed by atoms with E-state index in [0.717, 1.165) is 78.2 Å². The second kappa shape index (κ2) is 16.5. The molecule has 0 saturated heterocycles. The number of aryl methyl sites for hydroxylation is 6. The zero-order valence-electron chi connectivity index (χ0n) is 39.5. The molecule has 0 radical (unpaired) electrons. The summed E-state index contributed by atoms with van der Waals surface area (Å²) in [5.74, 6) is 0. The Balaban J connectivity index is 1.23. The van der Waals surface area contributed by atoms with E-state index in [1.807, 2.05) is 60.7 Å². The molecule has 338 valence electrons. The maximum atomic E-state index is 14.1. The largest absolute Gasteiger partial charge is 0.415 e. The van der Waals surface area contributed by atoms with Crippen molar-refractivity contribution < 1.29 is 13.2 Å². The van der Waals surface area contributed by atoms with Crippen LogP contribution in [0.25, 0.3) is 109 Å². The van der Waals surface area contributed by atoms with Gasteiger partial charge < -0.3 is 9.13 Å². The number of halogens is 3. The first-order valence-electron chi connectivity index (χ1n) is 23.2. The zero-order chi connectivity index (χ0) is 48.7. The average Bonchev–Trinajstić information content (AvgIpc) is 3.84. The number of hydrogen-bond acceptors (Lipinski definition) is 0. The molecule has 0 atom stereocenters. The first-order chi connectivity index (χ1) is 33.7. The van der Waals surface area contributed by atoms with Gasteiger partial charge in [-0.2, -0.15) is 13.2 Å². The van der Waals surface area contributed by atoms with Gasteiger partial charge in [0, 0.05) is 38.4 Å². The number of alkyl halides is 3. The van der Waals surface area contributed by atoms with E-state index >= 15 is 0 Å². The van der Waals surface area contributed by atoms with Gasteiger partial charge in [0.1, 0.15) is 0 Å². The number of benzene rings is 9. The van der Waals surface area contributed by atoms with Crippen LogP contribution in [0.4, 0.5) is 24.5 Å². The van der Waals surface area contributed by atoms with E-state index in [-0.39, 0.29) is 5.69 Å². The molecule has 0 aliphatic heterocycles. The monoisotopic (exact) mass is 914 g/mol. The van der Waals surface area contributed by atoms with Crippen molar-refractivity contribution in [3.05, 3.63) is 226 Å². The van der Waals surface area contributed by atoms with Gasteiger partial charge in [-0.15, -0.1) is 0 Å². The van der Waals surface area contributed by atoms with Crippen LogP contribution in [-0.2, 0) is 6.18 Å². The molecule has 0 aliphatic carbocycles. The number of nitrogens with zero attached hydrogens (tertiary/aromatic N) is 4. The minimum Gasteiger partial charge on any atom is -0.310 e. The molecule has 9 aromatic carbocycles. The molecule has 4 nitrogen and oxygen atoms in total. The fourth-order valence-corrected chi connectivity index (χ4v) is 11.3. The van der Waals surface area contributed by atoms with Crippen molar-refractivity contribution >= 4 is 55.0 Å². The van der Waals surface area contributed by atoms with Crippen molar-refractivity contribution in [3.8, 4) is 55.9 Å². The Kier molecular flexibility index (Phi) is 10.4. The Morgan fingerprint density at radius 2 is 0.871 bits per heavy atom. The summed E-state index contributed by atoms with van der Waals surface area (Å²) in [5, 5.41) is 4.21. The molecule has 0 N–H and O–H groups in total. The van der Waals surface area contributed by atoms with Crippen molar-refractivity contribution in [1.29, 1.82) is 0 Å². The highest BCUT2D eigenvalue weighted by atomic mass is 19.4. The smallest absolute Gasteiger partial charge is 0.310 e. The lowest BCUT2D eigenvalue weighted by molar-refractivity contribution is -0.137. The van der Waals surface area contributed by atoms with Gasteiger partial charge in [0.15, 0.2) is 11.4 Å². The molecule has 2 heterocycles. The first-order valence-corrected chi connectivity index (χ1v) is 23.2. The predicted octanol–water partition coefficient (Wildman–Crippen LogP) is 18.5. The summed E-state index contributed by atoms with van der Waals surface area (Å²) in [6.45, 7) is 29.7. The molecule has 2 aromatic heterocycles. The third kappa shape index (κ3) is 7.05. The Hall–Kier alpha value is -8.65. The van der Waals surface area contributed by atoms with Gasteiger partial charge in [-0.25, -0.2) is 9.69 Å². The minimum absolute atomic E-state index is 0.115. The van der Waals surface area contributed by atoms with Crippen molar-refractivity contribution in [2.24, 2.45) is 0 Å². The Labute approximate surface area is 404 Å². The highest BCUT2D eigenvalue weighted by Crippen LogP contribution is 2.48. The summed E-state index contributed by atoms with van der Waals surface area (Å²) < 4.78 is 46.7. The zero-order valence-corrected chi connectivity index (χ0v) is 39.5.